The van der Waals surface area contributed by atoms with E-state index in [9.17, 15) is 0 Å². The molecule has 150 valence electrons. The first-order chi connectivity index (χ1) is 13.3. The first-order valence-electron chi connectivity index (χ1n) is 13.3. The van der Waals surface area contributed by atoms with Gasteiger partial charge in [-0.25, -0.2) is 0 Å². The second-order valence-electron chi connectivity index (χ2n) is 12.8. The first kappa shape index (κ1) is 16.8. The molecule has 7 aliphatic carbocycles. The highest BCUT2D eigenvalue weighted by Gasteiger charge is 2.62. The highest BCUT2D eigenvalue weighted by atomic mass is 14.7. The van der Waals surface area contributed by atoms with Gasteiger partial charge < -0.3 is 0 Å². The Morgan fingerprint density at radius 3 is 0.704 bits per heavy atom. The Kier molecular flexibility index (Phi) is 3.46. The maximum Gasteiger partial charge on any atom is -0.0240 e. The maximum atomic E-state index is 1.65. The quantitative estimate of drug-likeness (QED) is 0.450. The Labute approximate surface area is 167 Å². The van der Waals surface area contributed by atoms with Crippen molar-refractivity contribution >= 4 is 0 Å². The number of rotatable bonds is 6. The van der Waals surface area contributed by atoms with Crippen LogP contribution in [0.2, 0.25) is 0 Å². The lowest BCUT2D eigenvalue weighted by Gasteiger charge is -2.49. The van der Waals surface area contributed by atoms with E-state index < -0.39 is 0 Å². The van der Waals surface area contributed by atoms with Crippen LogP contribution < -0.4 is 0 Å². The monoisotopic (exact) mass is 366 g/mol. The van der Waals surface area contributed by atoms with E-state index >= 15 is 0 Å². The topological polar surface area (TPSA) is 0 Å². The van der Waals surface area contributed by atoms with Gasteiger partial charge in [-0.2, -0.15) is 0 Å². The molecule has 7 saturated carbocycles. The van der Waals surface area contributed by atoms with Crippen molar-refractivity contribution in [2.45, 2.75) is 116 Å². The molecule has 0 heterocycles. The first-order valence-corrected chi connectivity index (χ1v) is 13.3. The van der Waals surface area contributed by atoms with Gasteiger partial charge in [-0.3, -0.25) is 0 Å². The summed E-state index contributed by atoms with van der Waals surface area (Å²) in [5.41, 5.74) is 2.59. The van der Waals surface area contributed by atoms with Gasteiger partial charge in [-0.1, -0.05) is 0 Å². The Morgan fingerprint density at radius 2 is 0.481 bits per heavy atom. The summed E-state index contributed by atoms with van der Waals surface area (Å²) in [7, 11) is 0. The predicted octanol–water partition coefficient (Wildman–Crippen LogP) is 7.76. The van der Waals surface area contributed by atoms with Gasteiger partial charge in [0.1, 0.15) is 0 Å². The molecule has 7 rings (SSSR count). The van der Waals surface area contributed by atoms with Crippen molar-refractivity contribution in [3.8, 4) is 0 Å². The SMILES string of the molecule is C1CC1C1(C2CC2)CCC(C2(C3CCC(C4CC4)(C4CC4)CC3)CC2)CC1. The summed E-state index contributed by atoms with van der Waals surface area (Å²) in [6.45, 7) is 0. The molecule has 0 aliphatic heterocycles. The zero-order valence-electron chi connectivity index (χ0n) is 17.7. The molecule has 0 amide bonds. The van der Waals surface area contributed by atoms with Crippen LogP contribution in [0.1, 0.15) is 116 Å². The van der Waals surface area contributed by atoms with Crippen LogP contribution in [0, 0.1) is 51.8 Å². The molecule has 27 heavy (non-hydrogen) atoms. The summed E-state index contributed by atoms with van der Waals surface area (Å²) >= 11 is 0. The smallest absolute Gasteiger partial charge is 0.0240 e. The predicted molar refractivity (Wildman–Crippen MR) is 111 cm³/mol. The van der Waals surface area contributed by atoms with Crippen LogP contribution in [-0.4, -0.2) is 0 Å². The van der Waals surface area contributed by atoms with Gasteiger partial charge in [0.2, 0.25) is 0 Å². The molecule has 7 aliphatic rings. The molecule has 0 aromatic rings. The normalized spacial score (nSPS) is 38.7. The summed E-state index contributed by atoms with van der Waals surface area (Å²) < 4.78 is 0. The third kappa shape index (κ3) is 2.53. The minimum Gasteiger partial charge on any atom is -0.0496 e. The van der Waals surface area contributed by atoms with E-state index in [0.29, 0.717) is 0 Å². The van der Waals surface area contributed by atoms with E-state index in [4.69, 9.17) is 0 Å². The van der Waals surface area contributed by atoms with Crippen molar-refractivity contribution in [2.24, 2.45) is 51.8 Å². The van der Waals surface area contributed by atoms with Gasteiger partial charge in [0, 0.05) is 0 Å². The summed E-state index contributed by atoms with van der Waals surface area (Å²) in [4.78, 5) is 0. The third-order valence-corrected chi connectivity index (χ3v) is 11.8. The standard InChI is InChI=1S/C27H42/c1-2-19(1)25(20-3-4-20)13-9-23(10-14-25)27(17-18-27)24-11-15-26(16-12-24,21-5-6-21)22-7-8-22/h19-24H,1-18H2. The van der Waals surface area contributed by atoms with Gasteiger partial charge in [0.25, 0.3) is 0 Å². The molecule has 0 saturated heterocycles. The molecule has 0 bridgehead atoms. The second-order valence-corrected chi connectivity index (χ2v) is 12.8. The fourth-order valence-corrected chi connectivity index (χ4v) is 9.69. The summed E-state index contributed by atoms with van der Waals surface area (Å²) in [5, 5.41) is 0. The van der Waals surface area contributed by atoms with Crippen molar-refractivity contribution in [3.63, 3.8) is 0 Å². The number of hydrogen-bond acceptors (Lipinski definition) is 0. The molecule has 0 aromatic heterocycles. The Balaban J connectivity index is 1.03. The van der Waals surface area contributed by atoms with Crippen LogP contribution in [0.5, 0.6) is 0 Å². The van der Waals surface area contributed by atoms with Gasteiger partial charge in [0.05, 0.1) is 0 Å². The third-order valence-electron chi connectivity index (χ3n) is 11.8. The molecule has 0 aromatic carbocycles. The van der Waals surface area contributed by atoms with Crippen LogP contribution in [-0.2, 0) is 0 Å². The fraction of sp³-hybridized carbons (Fsp3) is 1.00. The molecular weight excluding hydrogens is 324 g/mol. The molecule has 0 N–H and O–H groups in total. The molecule has 0 unspecified atom stereocenters. The van der Waals surface area contributed by atoms with E-state index in [0.717, 1.165) is 28.1 Å². The zero-order chi connectivity index (χ0) is 17.7. The average Bonchev–Trinajstić information content (AvgIpc) is 3.55. The lowest BCUT2D eigenvalue weighted by Crippen LogP contribution is -2.39. The van der Waals surface area contributed by atoms with E-state index in [1.807, 2.05) is 0 Å². The number of hydrogen-bond donors (Lipinski definition) is 0. The fourth-order valence-electron chi connectivity index (χ4n) is 9.69. The summed E-state index contributed by atoms with van der Waals surface area (Å²) in [6, 6.07) is 0. The second kappa shape index (κ2) is 5.57. The van der Waals surface area contributed by atoms with Crippen molar-refractivity contribution in [3.05, 3.63) is 0 Å². The van der Waals surface area contributed by atoms with Gasteiger partial charge in [-0.05, 0) is 167 Å². The van der Waals surface area contributed by atoms with E-state index in [1.54, 1.807) is 116 Å². The van der Waals surface area contributed by atoms with Crippen LogP contribution in [0.15, 0.2) is 0 Å². The van der Waals surface area contributed by atoms with Gasteiger partial charge in [-0.15, -0.1) is 0 Å². The van der Waals surface area contributed by atoms with Crippen molar-refractivity contribution in [1.82, 2.24) is 0 Å². The van der Waals surface area contributed by atoms with Crippen molar-refractivity contribution in [2.75, 3.05) is 0 Å². The van der Waals surface area contributed by atoms with E-state index in [2.05, 4.69) is 0 Å². The van der Waals surface area contributed by atoms with Crippen LogP contribution in [0.25, 0.3) is 0 Å². The van der Waals surface area contributed by atoms with E-state index in [1.165, 1.54) is 23.7 Å². The van der Waals surface area contributed by atoms with Gasteiger partial charge >= 0.3 is 0 Å². The lowest BCUT2D eigenvalue weighted by molar-refractivity contribution is 0.0125. The largest absolute Gasteiger partial charge is 0.0496 e. The molecular formula is C27H42. The highest BCUT2D eigenvalue weighted by Crippen LogP contribution is 2.72. The van der Waals surface area contributed by atoms with Crippen molar-refractivity contribution in [1.29, 1.82) is 0 Å². The Bertz CT molecular complexity index is 502. The molecule has 0 spiro atoms. The molecule has 0 atom stereocenters. The lowest BCUT2D eigenvalue weighted by atomic mass is 9.56. The molecule has 0 nitrogen and oxygen atoms in total. The summed E-state index contributed by atoms with van der Waals surface area (Å²) in [5.74, 6) is 6.98. The Morgan fingerprint density at radius 1 is 0.259 bits per heavy atom. The minimum atomic E-state index is 0.860. The van der Waals surface area contributed by atoms with Gasteiger partial charge in [0.15, 0.2) is 0 Å². The van der Waals surface area contributed by atoms with Crippen LogP contribution >= 0.6 is 0 Å². The Hall–Kier alpha value is 0. The van der Waals surface area contributed by atoms with Crippen LogP contribution in [0.4, 0.5) is 0 Å². The van der Waals surface area contributed by atoms with Crippen LogP contribution in [0.3, 0.4) is 0 Å². The maximum absolute atomic E-state index is 1.65. The van der Waals surface area contributed by atoms with Crippen molar-refractivity contribution < 1.29 is 0 Å². The summed E-state index contributed by atoms with van der Waals surface area (Å²) in [6.07, 6.45) is 29.2. The minimum absolute atomic E-state index is 0.860. The highest BCUT2D eigenvalue weighted by molar-refractivity contribution is 5.12. The van der Waals surface area contributed by atoms with E-state index in [-0.39, 0.29) is 0 Å². The molecule has 0 radical (unpaired) electrons. The average molecular weight is 367 g/mol. The molecule has 7 fully saturated rings. The molecule has 0 heteroatoms. The zero-order valence-corrected chi connectivity index (χ0v) is 17.7.